The number of carbonyl (C=O) groups is 1. The molecule has 1 amide bonds. The number of benzene rings is 2. The third-order valence-corrected chi connectivity index (χ3v) is 6.97. The largest absolute Gasteiger partial charge is 0.379 e. The molecule has 0 atom stereocenters. The molecule has 0 bridgehead atoms. The summed E-state index contributed by atoms with van der Waals surface area (Å²) in [5, 5.41) is 0.763. The molecule has 1 aliphatic rings. The smallest absolute Gasteiger partial charge is 0.260 e. The first kappa shape index (κ1) is 21.7. The Morgan fingerprint density at radius 2 is 1.81 bits per heavy atom. The van der Waals surface area contributed by atoms with Gasteiger partial charge in [0.25, 0.3) is 5.91 Å². The summed E-state index contributed by atoms with van der Waals surface area (Å²) in [7, 11) is 3.99. The second kappa shape index (κ2) is 9.34. The van der Waals surface area contributed by atoms with E-state index >= 15 is 0 Å². The number of amides is 1. The van der Waals surface area contributed by atoms with Gasteiger partial charge in [-0.2, -0.15) is 0 Å². The number of nitrogens with zero attached hydrogens (tertiary/aromatic N) is 4. The molecule has 0 aliphatic carbocycles. The number of ether oxygens (including phenoxy) is 1. The van der Waals surface area contributed by atoms with Crippen LogP contribution in [0.1, 0.15) is 21.5 Å². The van der Waals surface area contributed by atoms with Crippen LogP contribution in [-0.4, -0.2) is 69.3 Å². The number of fused-ring (bicyclic) bond motifs is 1. The van der Waals surface area contributed by atoms with Crippen molar-refractivity contribution in [3.05, 3.63) is 53.1 Å². The van der Waals surface area contributed by atoms with E-state index in [4.69, 9.17) is 9.72 Å². The van der Waals surface area contributed by atoms with Gasteiger partial charge in [-0.1, -0.05) is 17.4 Å². The molecular formula is C24H30N4O2S. The van der Waals surface area contributed by atoms with Crippen LogP contribution in [0.4, 0.5) is 10.8 Å². The number of morpholine rings is 1. The van der Waals surface area contributed by atoms with Crippen LogP contribution in [0.2, 0.25) is 0 Å². The van der Waals surface area contributed by atoms with Crippen molar-refractivity contribution in [2.24, 2.45) is 0 Å². The molecule has 1 aliphatic heterocycles. The van der Waals surface area contributed by atoms with Gasteiger partial charge in [-0.05, 0) is 55.3 Å². The Balaban J connectivity index is 1.65. The zero-order chi connectivity index (χ0) is 22.0. The van der Waals surface area contributed by atoms with Gasteiger partial charge in [0.05, 0.1) is 23.4 Å². The Labute approximate surface area is 188 Å². The van der Waals surface area contributed by atoms with Crippen LogP contribution in [0.25, 0.3) is 10.2 Å². The van der Waals surface area contributed by atoms with E-state index in [0.717, 1.165) is 53.9 Å². The molecule has 6 nitrogen and oxygen atoms in total. The highest BCUT2D eigenvalue weighted by Gasteiger charge is 2.23. The lowest BCUT2D eigenvalue weighted by molar-refractivity contribution is 0.0391. The molecule has 0 N–H and O–H groups in total. The lowest BCUT2D eigenvalue weighted by Gasteiger charge is -2.29. The summed E-state index contributed by atoms with van der Waals surface area (Å²) in [5.74, 6) is -0.00741. The highest BCUT2D eigenvalue weighted by atomic mass is 32.1. The lowest BCUT2D eigenvalue weighted by Crippen LogP contribution is -2.43. The van der Waals surface area contributed by atoms with Crippen LogP contribution in [0, 0.1) is 13.8 Å². The normalized spacial score (nSPS) is 14.7. The second-order valence-corrected chi connectivity index (χ2v) is 9.21. The van der Waals surface area contributed by atoms with Crippen LogP contribution in [0.3, 0.4) is 0 Å². The van der Waals surface area contributed by atoms with Crippen molar-refractivity contribution in [1.82, 2.24) is 9.88 Å². The number of aryl methyl sites for hydroxylation is 2. The zero-order valence-corrected chi connectivity index (χ0v) is 19.5. The quantitative estimate of drug-likeness (QED) is 0.583. The van der Waals surface area contributed by atoms with E-state index < -0.39 is 0 Å². The van der Waals surface area contributed by atoms with Crippen LogP contribution in [0.5, 0.6) is 0 Å². The number of aromatic nitrogens is 1. The number of hydrogen-bond donors (Lipinski definition) is 0. The first-order valence-corrected chi connectivity index (χ1v) is 11.5. The van der Waals surface area contributed by atoms with E-state index in [1.54, 1.807) is 11.3 Å². The third-order valence-electron chi connectivity index (χ3n) is 5.92. The summed E-state index contributed by atoms with van der Waals surface area (Å²) >= 11 is 1.59. The molecule has 2 aromatic carbocycles. The number of thiazole rings is 1. The molecule has 0 saturated carbocycles. The summed E-state index contributed by atoms with van der Waals surface area (Å²) in [5.41, 5.74) is 5.14. The highest BCUT2D eigenvalue weighted by Crippen LogP contribution is 2.32. The fraction of sp³-hybridized carbons (Fsp3) is 0.417. The molecule has 0 radical (unpaired) electrons. The number of carbonyl (C=O) groups excluding carboxylic acids is 1. The molecular weight excluding hydrogens is 408 g/mol. The van der Waals surface area contributed by atoms with Gasteiger partial charge in [-0.3, -0.25) is 14.6 Å². The van der Waals surface area contributed by atoms with Crippen molar-refractivity contribution >= 4 is 38.3 Å². The molecule has 0 unspecified atom stereocenters. The SMILES string of the molecule is Cc1ccc2sc(N(CCN3CCOCC3)C(=O)c3ccc(N(C)C)cc3)nc2c1C. The molecule has 0 spiro atoms. The minimum absolute atomic E-state index is 0.00741. The first-order valence-electron chi connectivity index (χ1n) is 10.7. The molecule has 1 saturated heterocycles. The van der Waals surface area contributed by atoms with Gasteiger partial charge < -0.3 is 9.64 Å². The maximum Gasteiger partial charge on any atom is 0.260 e. The van der Waals surface area contributed by atoms with Gasteiger partial charge in [0, 0.05) is 51.5 Å². The molecule has 2 heterocycles. The van der Waals surface area contributed by atoms with Crippen molar-refractivity contribution in [3.63, 3.8) is 0 Å². The van der Waals surface area contributed by atoms with Gasteiger partial charge in [-0.15, -0.1) is 0 Å². The van der Waals surface area contributed by atoms with E-state index in [0.29, 0.717) is 12.1 Å². The van der Waals surface area contributed by atoms with Crippen LogP contribution < -0.4 is 9.80 Å². The van der Waals surface area contributed by atoms with Gasteiger partial charge >= 0.3 is 0 Å². The predicted molar refractivity (Wildman–Crippen MR) is 129 cm³/mol. The summed E-state index contributed by atoms with van der Waals surface area (Å²) < 4.78 is 6.58. The van der Waals surface area contributed by atoms with Crippen molar-refractivity contribution < 1.29 is 9.53 Å². The maximum absolute atomic E-state index is 13.6. The second-order valence-electron chi connectivity index (χ2n) is 8.20. The molecule has 4 rings (SSSR count). The minimum Gasteiger partial charge on any atom is -0.379 e. The van der Waals surface area contributed by atoms with E-state index in [1.165, 1.54) is 11.1 Å². The van der Waals surface area contributed by atoms with Crippen molar-refractivity contribution in [3.8, 4) is 0 Å². The van der Waals surface area contributed by atoms with Crippen molar-refractivity contribution in [2.75, 3.05) is 63.3 Å². The molecule has 1 aromatic heterocycles. The minimum atomic E-state index is -0.00741. The van der Waals surface area contributed by atoms with E-state index in [9.17, 15) is 4.79 Å². The first-order chi connectivity index (χ1) is 14.9. The van der Waals surface area contributed by atoms with E-state index in [2.05, 4.69) is 30.9 Å². The fourth-order valence-electron chi connectivity index (χ4n) is 3.74. The molecule has 1 fully saturated rings. The Bertz CT molecular complexity index is 1060. The molecule has 3 aromatic rings. The summed E-state index contributed by atoms with van der Waals surface area (Å²) in [6.45, 7) is 8.90. The van der Waals surface area contributed by atoms with Gasteiger partial charge in [-0.25, -0.2) is 4.98 Å². The van der Waals surface area contributed by atoms with Crippen LogP contribution in [0.15, 0.2) is 36.4 Å². The molecule has 31 heavy (non-hydrogen) atoms. The lowest BCUT2D eigenvalue weighted by atomic mass is 10.1. The van der Waals surface area contributed by atoms with Crippen LogP contribution in [-0.2, 0) is 4.74 Å². The average molecular weight is 439 g/mol. The summed E-state index contributed by atoms with van der Waals surface area (Å²) in [6, 6.07) is 12.0. The van der Waals surface area contributed by atoms with E-state index in [-0.39, 0.29) is 5.91 Å². The number of anilines is 2. The van der Waals surface area contributed by atoms with Gasteiger partial charge in [0.1, 0.15) is 0 Å². The zero-order valence-electron chi connectivity index (χ0n) is 18.7. The van der Waals surface area contributed by atoms with E-state index in [1.807, 2.05) is 48.2 Å². The monoisotopic (exact) mass is 438 g/mol. The Kier molecular flexibility index (Phi) is 6.55. The predicted octanol–water partition coefficient (Wildman–Crippen LogP) is 3.96. The summed E-state index contributed by atoms with van der Waals surface area (Å²) in [4.78, 5) is 24.7. The number of hydrogen-bond acceptors (Lipinski definition) is 6. The molecule has 164 valence electrons. The van der Waals surface area contributed by atoms with Crippen LogP contribution >= 0.6 is 11.3 Å². The topological polar surface area (TPSA) is 48.9 Å². The summed E-state index contributed by atoms with van der Waals surface area (Å²) in [6.07, 6.45) is 0. The van der Waals surface area contributed by atoms with Gasteiger partial charge in [0.15, 0.2) is 5.13 Å². The standard InChI is InChI=1S/C24H30N4O2S/c1-17-5-10-21-22(18(17)2)25-24(31-21)28(12-11-27-13-15-30-16-14-27)23(29)19-6-8-20(9-7-19)26(3)4/h5-10H,11-16H2,1-4H3. The number of rotatable bonds is 6. The average Bonchev–Trinajstić information content (AvgIpc) is 3.22. The highest BCUT2D eigenvalue weighted by molar-refractivity contribution is 7.22. The Morgan fingerprint density at radius 3 is 2.48 bits per heavy atom. The maximum atomic E-state index is 13.6. The van der Waals surface area contributed by atoms with Crippen molar-refractivity contribution in [1.29, 1.82) is 0 Å². The molecule has 7 heteroatoms. The fourth-order valence-corrected chi connectivity index (χ4v) is 4.79. The Morgan fingerprint density at radius 1 is 1.10 bits per heavy atom. The van der Waals surface area contributed by atoms with Crippen molar-refractivity contribution in [2.45, 2.75) is 13.8 Å². The Hall–Kier alpha value is -2.48. The third kappa shape index (κ3) is 4.74. The van der Waals surface area contributed by atoms with Gasteiger partial charge in [0.2, 0.25) is 0 Å².